The molecule has 30 heavy (non-hydrogen) atoms. The van der Waals surface area contributed by atoms with Gasteiger partial charge in [0, 0.05) is 34.8 Å². The number of aryl methyl sites for hydroxylation is 1. The summed E-state index contributed by atoms with van der Waals surface area (Å²) in [5.41, 5.74) is 3.46. The van der Waals surface area contributed by atoms with Crippen LogP contribution in [0.4, 0.5) is 4.39 Å². The first-order valence-corrected chi connectivity index (χ1v) is 10.7. The Morgan fingerprint density at radius 1 is 1.33 bits per heavy atom. The van der Waals surface area contributed by atoms with Crippen LogP contribution in [-0.2, 0) is 6.54 Å². The van der Waals surface area contributed by atoms with Crippen molar-refractivity contribution < 1.29 is 18.7 Å². The fraction of sp³-hybridized carbons (Fsp3) is 0.261. The molecule has 2 heterocycles. The SMILES string of the molecule is Cc1ccc(CNC(=O)c2cc(-c3cscc3C=O)cnc2OCC2CC2)cc1F. The summed E-state index contributed by atoms with van der Waals surface area (Å²) >= 11 is 1.41. The summed E-state index contributed by atoms with van der Waals surface area (Å²) in [7, 11) is 0. The molecular weight excluding hydrogens is 403 g/mol. The largest absolute Gasteiger partial charge is 0.477 e. The molecule has 1 amide bonds. The molecule has 2 aromatic heterocycles. The predicted molar refractivity (Wildman–Crippen MR) is 113 cm³/mol. The Labute approximate surface area is 177 Å². The lowest BCUT2D eigenvalue weighted by Crippen LogP contribution is -2.24. The molecule has 5 nitrogen and oxygen atoms in total. The number of aromatic nitrogens is 1. The monoisotopic (exact) mass is 424 g/mol. The van der Waals surface area contributed by atoms with Gasteiger partial charge >= 0.3 is 0 Å². The lowest BCUT2D eigenvalue weighted by atomic mass is 10.0. The lowest BCUT2D eigenvalue weighted by molar-refractivity contribution is 0.0945. The lowest BCUT2D eigenvalue weighted by Gasteiger charge is -2.13. The van der Waals surface area contributed by atoms with E-state index in [1.807, 2.05) is 5.38 Å². The van der Waals surface area contributed by atoms with Gasteiger partial charge in [-0.1, -0.05) is 12.1 Å². The van der Waals surface area contributed by atoms with Crippen molar-refractivity contribution in [3.8, 4) is 17.0 Å². The number of nitrogens with zero attached hydrogens (tertiary/aromatic N) is 1. The summed E-state index contributed by atoms with van der Waals surface area (Å²) < 4.78 is 19.6. The number of hydrogen-bond acceptors (Lipinski definition) is 5. The second kappa shape index (κ2) is 8.75. The maximum Gasteiger partial charge on any atom is 0.257 e. The average molecular weight is 424 g/mol. The van der Waals surface area contributed by atoms with Crippen molar-refractivity contribution in [2.24, 2.45) is 5.92 Å². The van der Waals surface area contributed by atoms with Gasteiger partial charge < -0.3 is 10.1 Å². The van der Waals surface area contributed by atoms with Crippen molar-refractivity contribution in [2.75, 3.05) is 6.61 Å². The Bertz CT molecular complexity index is 1090. The number of amides is 1. The van der Waals surface area contributed by atoms with Crippen LogP contribution < -0.4 is 10.1 Å². The Morgan fingerprint density at radius 2 is 2.17 bits per heavy atom. The molecule has 0 radical (unpaired) electrons. The number of carbonyl (C=O) groups excluding carboxylic acids is 2. The third-order valence-corrected chi connectivity index (χ3v) is 5.83. The maximum absolute atomic E-state index is 13.8. The van der Waals surface area contributed by atoms with Crippen LogP contribution in [0.15, 0.2) is 41.2 Å². The molecule has 4 rings (SSSR count). The molecular formula is C23H21FN2O3S. The average Bonchev–Trinajstić information content (AvgIpc) is 3.47. The zero-order chi connectivity index (χ0) is 21.1. The van der Waals surface area contributed by atoms with Crippen LogP contribution in [0.3, 0.4) is 0 Å². The van der Waals surface area contributed by atoms with E-state index in [0.717, 1.165) is 24.7 Å². The van der Waals surface area contributed by atoms with Crippen LogP contribution in [0.2, 0.25) is 0 Å². The van der Waals surface area contributed by atoms with E-state index >= 15 is 0 Å². The smallest absolute Gasteiger partial charge is 0.257 e. The second-order valence-electron chi connectivity index (χ2n) is 7.46. The van der Waals surface area contributed by atoms with Crippen molar-refractivity contribution in [1.82, 2.24) is 10.3 Å². The first-order chi connectivity index (χ1) is 14.5. The highest BCUT2D eigenvalue weighted by Gasteiger charge is 2.24. The van der Waals surface area contributed by atoms with Crippen LogP contribution in [-0.4, -0.2) is 23.8 Å². The van der Waals surface area contributed by atoms with E-state index in [1.165, 1.54) is 17.4 Å². The summed E-state index contributed by atoms with van der Waals surface area (Å²) in [6.07, 6.45) is 4.64. The van der Waals surface area contributed by atoms with Crippen LogP contribution >= 0.6 is 11.3 Å². The summed E-state index contributed by atoms with van der Waals surface area (Å²) in [5, 5.41) is 6.42. The number of hydrogen-bond donors (Lipinski definition) is 1. The Kier molecular flexibility index (Phi) is 5.90. The minimum Gasteiger partial charge on any atom is -0.477 e. The van der Waals surface area contributed by atoms with Gasteiger partial charge in [0.2, 0.25) is 5.88 Å². The fourth-order valence-corrected chi connectivity index (χ4v) is 3.82. The Morgan fingerprint density at radius 3 is 2.90 bits per heavy atom. The number of pyridine rings is 1. The van der Waals surface area contributed by atoms with Gasteiger partial charge in [0.25, 0.3) is 5.91 Å². The summed E-state index contributed by atoms with van der Waals surface area (Å²) in [6.45, 7) is 2.39. The number of nitrogens with one attached hydrogen (secondary N) is 1. The third kappa shape index (κ3) is 4.57. The minimum absolute atomic E-state index is 0.181. The number of thiophene rings is 1. The van der Waals surface area contributed by atoms with Gasteiger partial charge in [-0.2, -0.15) is 11.3 Å². The van der Waals surface area contributed by atoms with E-state index in [-0.39, 0.29) is 24.1 Å². The molecule has 1 aromatic carbocycles. The predicted octanol–water partition coefficient (Wildman–Crippen LogP) is 4.79. The highest BCUT2D eigenvalue weighted by molar-refractivity contribution is 7.08. The summed E-state index contributed by atoms with van der Waals surface area (Å²) in [4.78, 5) is 28.6. The van der Waals surface area contributed by atoms with Gasteiger partial charge in [-0.3, -0.25) is 9.59 Å². The number of carbonyl (C=O) groups is 2. The highest BCUT2D eigenvalue weighted by atomic mass is 32.1. The second-order valence-corrected chi connectivity index (χ2v) is 8.20. The molecule has 0 aliphatic heterocycles. The normalized spacial score (nSPS) is 13.1. The number of ether oxygens (including phenoxy) is 1. The molecule has 0 saturated heterocycles. The van der Waals surface area contributed by atoms with Crippen LogP contribution in [0.25, 0.3) is 11.1 Å². The van der Waals surface area contributed by atoms with E-state index in [9.17, 15) is 14.0 Å². The van der Waals surface area contributed by atoms with Crippen molar-refractivity contribution in [3.63, 3.8) is 0 Å². The third-order valence-electron chi connectivity index (χ3n) is 5.07. The number of halogens is 1. The van der Waals surface area contributed by atoms with Gasteiger partial charge in [-0.15, -0.1) is 0 Å². The number of aldehydes is 1. The minimum atomic E-state index is -0.362. The van der Waals surface area contributed by atoms with Crippen molar-refractivity contribution in [2.45, 2.75) is 26.3 Å². The molecule has 0 unspecified atom stereocenters. The van der Waals surface area contributed by atoms with E-state index in [2.05, 4.69) is 10.3 Å². The topological polar surface area (TPSA) is 68.3 Å². The van der Waals surface area contributed by atoms with Crippen LogP contribution in [0.5, 0.6) is 5.88 Å². The first-order valence-electron chi connectivity index (χ1n) is 9.73. The van der Waals surface area contributed by atoms with Gasteiger partial charge in [0.15, 0.2) is 6.29 Å². The molecule has 0 bridgehead atoms. The summed E-state index contributed by atoms with van der Waals surface area (Å²) in [6, 6.07) is 6.56. The maximum atomic E-state index is 13.8. The quantitative estimate of drug-likeness (QED) is 0.528. The molecule has 1 aliphatic rings. The number of benzene rings is 1. The molecule has 154 valence electrons. The molecule has 1 fully saturated rings. The molecule has 1 aliphatic carbocycles. The van der Waals surface area contributed by atoms with Gasteiger partial charge in [0.05, 0.1) is 6.61 Å². The zero-order valence-electron chi connectivity index (χ0n) is 16.5. The van der Waals surface area contributed by atoms with E-state index < -0.39 is 0 Å². The van der Waals surface area contributed by atoms with E-state index in [4.69, 9.17) is 4.74 Å². The fourth-order valence-electron chi connectivity index (χ4n) is 3.02. The molecule has 1 saturated carbocycles. The zero-order valence-corrected chi connectivity index (χ0v) is 17.3. The molecule has 7 heteroatoms. The highest BCUT2D eigenvalue weighted by Crippen LogP contribution is 2.32. The van der Waals surface area contributed by atoms with Crippen LogP contribution in [0.1, 0.15) is 44.7 Å². The van der Waals surface area contributed by atoms with Gasteiger partial charge in [0.1, 0.15) is 11.4 Å². The van der Waals surface area contributed by atoms with E-state index in [1.54, 1.807) is 36.7 Å². The van der Waals surface area contributed by atoms with Crippen molar-refractivity contribution in [1.29, 1.82) is 0 Å². The van der Waals surface area contributed by atoms with Gasteiger partial charge in [-0.05, 0) is 54.3 Å². The van der Waals surface area contributed by atoms with Crippen molar-refractivity contribution >= 4 is 23.5 Å². The van der Waals surface area contributed by atoms with Crippen LogP contribution in [0, 0.1) is 18.7 Å². The number of rotatable bonds is 8. The first kappa shape index (κ1) is 20.2. The molecule has 1 N–H and O–H groups in total. The summed E-state index contributed by atoms with van der Waals surface area (Å²) in [5.74, 6) is 0.106. The standard InChI is InChI=1S/C23H21FN2O3S/c1-14-2-3-16(6-21(14)24)8-25-22(28)19-7-17(20-13-30-12-18(20)10-27)9-26-23(19)29-11-15-4-5-15/h2-3,6-7,9-10,12-13,15H,4-5,8,11H2,1H3,(H,25,28). The van der Waals surface area contributed by atoms with Crippen molar-refractivity contribution in [3.05, 3.63) is 69.3 Å². The molecule has 3 aromatic rings. The Balaban J connectivity index is 1.58. The Hall–Kier alpha value is -3.06. The molecule has 0 atom stereocenters. The van der Waals surface area contributed by atoms with Gasteiger partial charge in [-0.25, -0.2) is 9.37 Å². The van der Waals surface area contributed by atoms with E-state index in [0.29, 0.717) is 40.3 Å². The molecule has 0 spiro atoms.